The third-order valence-electron chi connectivity index (χ3n) is 6.54. The number of piperazine rings is 1. The number of imide groups is 1. The number of hydrogen-bond acceptors (Lipinski definition) is 6. The predicted octanol–water partition coefficient (Wildman–Crippen LogP) is 1.49. The van der Waals surface area contributed by atoms with Crippen molar-refractivity contribution in [3.8, 4) is 5.75 Å². The molecule has 1 unspecified atom stereocenters. The van der Waals surface area contributed by atoms with Crippen LogP contribution in [0.5, 0.6) is 5.75 Å². The SMILES string of the molecule is Cl.O=C1CCC(N2Cc3c(OCc4ccc(C(=O)N5CCNCC5)cc4)cccc3C2=O)C(=O)N1. The number of hydrogen-bond donors (Lipinski definition) is 2. The number of carbonyl (C=O) groups is 4. The van der Waals surface area contributed by atoms with Gasteiger partial charge in [0.25, 0.3) is 11.8 Å². The minimum atomic E-state index is -0.661. The van der Waals surface area contributed by atoms with E-state index in [1.165, 1.54) is 4.90 Å². The molecule has 1 atom stereocenters. The Hall–Kier alpha value is -3.43. The Balaban J connectivity index is 0.00000289. The zero-order chi connectivity index (χ0) is 23.7. The van der Waals surface area contributed by atoms with E-state index < -0.39 is 11.9 Å². The number of rotatable bonds is 5. The first kappa shape index (κ1) is 24.7. The van der Waals surface area contributed by atoms with Gasteiger partial charge >= 0.3 is 0 Å². The quantitative estimate of drug-likeness (QED) is 0.605. The van der Waals surface area contributed by atoms with Crippen molar-refractivity contribution in [2.45, 2.75) is 32.0 Å². The molecule has 184 valence electrons. The molecule has 9 nitrogen and oxygen atoms in total. The van der Waals surface area contributed by atoms with Crippen molar-refractivity contribution in [2.75, 3.05) is 26.2 Å². The van der Waals surface area contributed by atoms with Crippen LogP contribution in [0.25, 0.3) is 0 Å². The molecule has 2 aromatic carbocycles. The lowest BCUT2D eigenvalue weighted by atomic mass is 10.0. The molecule has 0 aliphatic carbocycles. The molecule has 3 aliphatic heterocycles. The number of nitrogens with one attached hydrogen (secondary N) is 2. The van der Waals surface area contributed by atoms with Crippen molar-refractivity contribution in [1.29, 1.82) is 0 Å². The number of nitrogens with zero attached hydrogens (tertiary/aromatic N) is 2. The van der Waals surface area contributed by atoms with Crippen molar-refractivity contribution in [1.82, 2.24) is 20.4 Å². The molecule has 0 saturated carbocycles. The molecule has 0 spiro atoms. The lowest BCUT2D eigenvalue weighted by Crippen LogP contribution is -2.52. The first-order valence-electron chi connectivity index (χ1n) is 11.5. The molecule has 5 rings (SSSR count). The fourth-order valence-corrected chi connectivity index (χ4v) is 4.65. The third kappa shape index (κ3) is 5.01. The number of piperidine rings is 1. The summed E-state index contributed by atoms with van der Waals surface area (Å²) in [7, 11) is 0. The molecule has 2 saturated heterocycles. The van der Waals surface area contributed by atoms with E-state index in [0.29, 0.717) is 36.4 Å². The minimum absolute atomic E-state index is 0. The number of fused-ring (bicyclic) bond motifs is 1. The summed E-state index contributed by atoms with van der Waals surface area (Å²) in [6.07, 6.45) is 0.534. The number of ether oxygens (including phenoxy) is 1. The van der Waals surface area contributed by atoms with E-state index in [-0.39, 0.29) is 49.7 Å². The van der Waals surface area contributed by atoms with Crippen LogP contribution in [0, 0.1) is 0 Å². The molecule has 3 aliphatic rings. The Kier molecular flexibility index (Phi) is 7.37. The molecular weight excluding hydrogens is 472 g/mol. The maximum atomic E-state index is 12.9. The van der Waals surface area contributed by atoms with E-state index >= 15 is 0 Å². The van der Waals surface area contributed by atoms with Gasteiger partial charge in [0, 0.05) is 49.3 Å². The van der Waals surface area contributed by atoms with Crippen molar-refractivity contribution in [2.24, 2.45) is 0 Å². The van der Waals surface area contributed by atoms with Crippen LogP contribution in [-0.2, 0) is 22.7 Å². The van der Waals surface area contributed by atoms with Crippen molar-refractivity contribution < 1.29 is 23.9 Å². The minimum Gasteiger partial charge on any atom is -0.489 e. The first-order chi connectivity index (χ1) is 16.5. The Morgan fingerprint density at radius 3 is 2.49 bits per heavy atom. The first-order valence-corrected chi connectivity index (χ1v) is 11.5. The van der Waals surface area contributed by atoms with Gasteiger partial charge in [-0.3, -0.25) is 24.5 Å². The Morgan fingerprint density at radius 2 is 1.77 bits per heavy atom. The molecule has 0 aromatic heterocycles. The maximum absolute atomic E-state index is 12.9. The fourth-order valence-electron chi connectivity index (χ4n) is 4.65. The molecular formula is C25H27ClN4O5. The summed E-state index contributed by atoms with van der Waals surface area (Å²) in [4.78, 5) is 52.7. The Bertz CT molecular complexity index is 1150. The number of halogens is 1. The van der Waals surface area contributed by atoms with Gasteiger partial charge in [0.1, 0.15) is 18.4 Å². The lowest BCUT2D eigenvalue weighted by Gasteiger charge is -2.29. The van der Waals surface area contributed by atoms with E-state index in [2.05, 4.69) is 10.6 Å². The summed E-state index contributed by atoms with van der Waals surface area (Å²) in [5.74, 6) is -0.361. The van der Waals surface area contributed by atoms with Gasteiger partial charge in [-0.25, -0.2) is 0 Å². The van der Waals surface area contributed by atoms with E-state index in [1.807, 2.05) is 35.2 Å². The van der Waals surface area contributed by atoms with Gasteiger partial charge in [0.15, 0.2) is 0 Å². The molecule has 10 heteroatoms. The number of amides is 4. The molecule has 2 N–H and O–H groups in total. The summed E-state index contributed by atoms with van der Waals surface area (Å²) in [5, 5.41) is 5.56. The standard InChI is InChI=1S/C25H26N4O5.ClH/c30-22-9-8-20(23(31)27-22)29-14-19-18(25(29)33)2-1-3-21(19)34-15-16-4-6-17(7-5-16)24(32)28-12-10-26-11-13-28;/h1-7,20,26H,8-15H2,(H,27,30,31);1H. The van der Waals surface area contributed by atoms with Crippen LogP contribution < -0.4 is 15.4 Å². The average Bonchev–Trinajstić information content (AvgIpc) is 3.20. The van der Waals surface area contributed by atoms with Crippen LogP contribution in [0.15, 0.2) is 42.5 Å². The van der Waals surface area contributed by atoms with Gasteiger partial charge in [0.2, 0.25) is 11.8 Å². The Morgan fingerprint density at radius 1 is 1.03 bits per heavy atom. The van der Waals surface area contributed by atoms with E-state index in [9.17, 15) is 19.2 Å². The molecule has 2 fully saturated rings. The monoisotopic (exact) mass is 498 g/mol. The average molecular weight is 499 g/mol. The topological polar surface area (TPSA) is 108 Å². The number of benzene rings is 2. The highest BCUT2D eigenvalue weighted by molar-refractivity contribution is 6.05. The summed E-state index contributed by atoms with van der Waals surface area (Å²) >= 11 is 0. The van der Waals surface area contributed by atoms with Gasteiger partial charge in [-0.1, -0.05) is 18.2 Å². The summed E-state index contributed by atoms with van der Waals surface area (Å²) in [6.45, 7) is 3.57. The second-order valence-electron chi connectivity index (χ2n) is 8.71. The van der Waals surface area contributed by atoms with Crippen LogP contribution in [0.4, 0.5) is 0 Å². The second kappa shape index (κ2) is 10.5. The zero-order valence-corrected chi connectivity index (χ0v) is 19.9. The highest BCUT2D eigenvalue weighted by Gasteiger charge is 2.40. The van der Waals surface area contributed by atoms with E-state index in [4.69, 9.17) is 4.74 Å². The molecule has 35 heavy (non-hydrogen) atoms. The summed E-state index contributed by atoms with van der Waals surface area (Å²) in [6, 6.07) is 12.0. The van der Waals surface area contributed by atoms with Crippen LogP contribution in [0.1, 0.15) is 44.7 Å². The predicted molar refractivity (Wildman–Crippen MR) is 129 cm³/mol. The molecule has 2 aromatic rings. The summed E-state index contributed by atoms with van der Waals surface area (Å²) < 4.78 is 6.04. The smallest absolute Gasteiger partial charge is 0.255 e. The number of carbonyl (C=O) groups excluding carboxylic acids is 4. The highest BCUT2D eigenvalue weighted by Crippen LogP contribution is 2.34. The maximum Gasteiger partial charge on any atom is 0.255 e. The van der Waals surface area contributed by atoms with Crippen LogP contribution in [0.2, 0.25) is 0 Å². The lowest BCUT2D eigenvalue weighted by molar-refractivity contribution is -0.136. The molecule has 4 amide bonds. The zero-order valence-electron chi connectivity index (χ0n) is 19.1. The highest BCUT2D eigenvalue weighted by atomic mass is 35.5. The van der Waals surface area contributed by atoms with Gasteiger partial charge in [-0.2, -0.15) is 0 Å². The van der Waals surface area contributed by atoms with Gasteiger partial charge in [0.05, 0.1) is 6.54 Å². The molecule has 0 radical (unpaired) electrons. The second-order valence-corrected chi connectivity index (χ2v) is 8.71. The normalized spacial score (nSPS) is 19.7. The summed E-state index contributed by atoms with van der Waals surface area (Å²) in [5.41, 5.74) is 2.81. The molecule has 3 heterocycles. The molecule has 0 bridgehead atoms. The fraction of sp³-hybridized carbons (Fsp3) is 0.360. The van der Waals surface area contributed by atoms with Gasteiger partial charge in [-0.15, -0.1) is 12.4 Å². The van der Waals surface area contributed by atoms with Crippen molar-refractivity contribution in [3.05, 3.63) is 64.7 Å². The van der Waals surface area contributed by atoms with Crippen LogP contribution in [-0.4, -0.2) is 65.6 Å². The van der Waals surface area contributed by atoms with Gasteiger partial charge < -0.3 is 19.9 Å². The van der Waals surface area contributed by atoms with Crippen molar-refractivity contribution in [3.63, 3.8) is 0 Å². The van der Waals surface area contributed by atoms with Crippen LogP contribution >= 0.6 is 12.4 Å². The largest absolute Gasteiger partial charge is 0.489 e. The van der Waals surface area contributed by atoms with Crippen molar-refractivity contribution >= 4 is 36.0 Å². The van der Waals surface area contributed by atoms with Gasteiger partial charge in [-0.05, 0) is 36.2 Å². The Labute approximate surface area is 209 Å². The van der Waals surface area contributed by atoms with E-state index in [0.717, 1.165) is 24.2 Å². The van der Waals surface area contributed by atoms with Crippen LogP contribution in [0.3, 0.4) is 0 Å². The van der Waals surface area contributed by atoms with E-state index in [1.54, 1.807) is 12.1 Å². The third-order valence-corrected chi connectivity index (χ3v) is 6.54.